The molecule has 0 unspecified atom stereocenters. The van der Waals surface area contributed by atoms with Crippen LogP contribution in [0, 0.1) is 0 Å². The van der Waals surface area contributed by atoms with Gasteiger partial charge in [0.25, 0.3) is 5.91 Å². The summed E-state index contributed by atoms with van der Waals surface area (Å²) in [5.74, 6) is 2.76. The van der Waals surface area contributed by atoms with Crippen LogP contribution in [0.2, 0.25) is 0 Å². The van der Waals surface area contributed by atoms with E-state index in [2.05, 4.69) is 43.4 Å². The highest BCUT2D eigenvalue weighted by Crippen LogP contribution is 2.30. The molecule has 1 fully saturated rings. The molecule has 1 saturated heterocycles. The third-order valence-corrected chi connectivity index (χ3v) is 7.01. The number of hydrogen-bond acceptors (Lipinski definition) is 5. The minimum atomic E-state index is -0.0858. The van der Waals surface area contributed by atoms with Gasteiger partial charge in [0.2, 0.25) is 0 Å². The summed E-state index contributed by atoms with van der Waals surface area (Å²) in [5.41, 5.74) is 2.47. The highest BCUT2D eigenvalue weighted by atomic mass is 16.3. The minimum absolute atomic E-state index is 0.0858. The fourth-order valence-corrected chi connectivity index (χ4v) is 5.07. The van der Waals surface area contributed by atoms with E-state index < -0.39 is 0 Å². The summed E-state index contributed by atoms with van der Waals surface area (Å²) < 4.78 is 9.95. The van der Waals surface area contributed by atoms with E-state index >= 15 is 0 Å². The number of piperidine rings is 1. The molecule has 1 amide bonds. The van der Waals surface area contributed by atoms with Gasteiger partial charge in [0, 0.05) is 55.9 Å². The van der Waals surface area contributed by atoms with Crippen LogP contribution >= 0.6 is 0 Å². The zero-order chi connectivity index (χ0) is 25.0. The van der Waals surface area contributed by atoms with Crippen molar-refractivity contribution in [2.45, 2.75) is 31.8 Å². The number of oxazole rings is 1. The molecule has 0 N–H and O–H groups in total. The van der Waals surface area contributed by atoms with Gasteiger partial charge < -0.3 is 18.5 Å². The van der Waals surface area contributed by atoms with Crippen molar-refractivity contribution < 1.29 is 9.21 Å². The molecule has 0 saturated carbocycles. The van der Waals surface area contributed by atoms with Gasteiger partial charge in [-0.05, 0) is 18.4 Å². The van der Waals surface area contributed by atoms with Gasteiger partial charge in [-0.2, -0.15) is 0 Å². The summed E-state index contributed by atoms with van der Waals surface area (Å²) in [6.07, 6.45) is 10.8. The van der Waals surface area contributed by atoms with Crippen LogP contribution in [0.1, 0.15) is 46.5 Å². The van der Waals surface area contributed by atoms with Gasteiger partial charge in [0.15, 0.2) is 17.8 Å². The molecule has 1 aliphatic rings. The van der Waals surface area contributed by atoms with Crippen molar-refractivity contribution in [2.24, 2.45) is 0 Å². The molecule has 1 aliphatic heterocycles. The summed E-state index contributed by atoms with van der Waals surface area (Å²) in [6, 6.07) is 20.0. The number of hydrogen-bond donors (Lipinski definition) is 0. The predicted octanol–water partition coefficient (Wildman–Crippen LogP) is 4.85. The van der Waals surface area contributed by atoms with Crippen LogP contribution in [-0.4, -0.2) is 48.0 Å². The molecule has 186 valence electrons. The van der Waals surface area contributed by atoms with Crippen molar-refractivity contribution in [1.29, 1.82) is 0 Å². The average Bonchev–Trinajstić information content (AvgIpc) is 3.72. The normalized spacial score (nSPS) is 14.2. The van der Waals surface area contributed by atoms with E-state index in [0.29, 0.717) is 31.1 Å². The lowest BCUT2D eigenvalue weighted by atomic mass is 9.95. The Morgan fingerprint density at radius 1 is 0.838 bits per heavy atom. The summed E-state index contributed by atoms with van der Waals surface area (Å²) >= 11 is 0. The molecule has 2 aromatic carbocycles. The molecule has 4 heterocycles. The predicted molar refractivity (Wildman–Crippen MR) is 139 cm³/mol. The smallest absolute Gasteiger partial charge is 0.276 e. The Kier molecular flexibility index (Phi) is 6.37. The third-order valence-electron chi connectivity index (χ3n) is 7.01. The lowest BCUT2D eigenvalue weighted by molar-refractivity contribution is 0.0705. The second-order valence-corrected chi connectivity index (χ2v) is 9.33. The van der Waals surface area contributed by atoms with Gasteiger partial charge in [0.1, 0.15) is 11.6 Å². The molecular weight excluding hydrogens is 464 g/mol. The number of imidazole rings is 2. The standard InChI is InChI=1S/C29H28N6O2/c36-29(26-27(37-21-32-26)23-9-5-2-6-10-23)33-15-11-24(12-16-33)28-31-14-18-35(28)20-25-30-13-17-34(25)19-22-7-3-1-4-8-22/h1-10,13-14,17-18,21,24H,11-12,15-16,19-20H2. The monoisotopic (exact) mass is 492 g/mol. The lowest BCUT2D eigenvalue weighted by Crippen LogP contribution is -2.38. The molecule has 0 radical (unpaired) electrons. The van der Waals surface area contributed by atoms with E-state index in [0.717, 1.165) is 36.6 Å². The first-order chi connectivity index (χ1) is 18.3. The fourth-order valence-electron chi connectivity index (χ4n) is 5.07. The van der Waals surface area contributed by atoms with Crippen molar-refractivity contribution in [3.63, 3.8) is 0 Å². The number of likely N-dealkylation sites (tertiary alicyclic amines) is 1. The average molecular weight is 493 g/mol. The topological polar surface area (TPSA) is 82.0 Å². The molecule has 0 aliphatic carbocycles. The largest absolute Gasteiger partial charge is 0.443 e. The number of benzene rings is 2. The summed E-state index contributed by atoms with van der Waals surface area (Å²) in [5, 5.41) is 0. The van der Waals surface area contributed by atoms with Crippen LogP contribution in [0.15, 0.2) is 96.3 Å². The van der Waals surface area contributed by atoms with Crippen LogP contribution in [0.25, 0.3) is 11.3 Å². The molecule has 6 rings (SSSR count). The van der Waals surface area contributed by atoms with Gasteiger partial charge in [-0.25, -0.2) is 15.0 Å². The van der Waals surface area contributed by atoms with Crippen molar-refractivity contribution in [1.82, 2.24) is 29.0 Å². The number of rotatable bonds is 7. The molecule has 0 spiro atoms. The molecular formula is C29H28N6O2. The molecule has 0 bridgehead atoms. The number of nitrogens with zero attached hydrogens (tertiary/aromatic N) is 6. The Hall–Kier alpha value is -4.46. The van der Waals surface area contributed by atoms with E-state index in [1.807, 2.05) is 66.1 Å². The van der Waals surface area contributed by atoms with Gasteiger partial charge in [-0.15, -0.1) is 0 Å². The number of amides is 1. The summed E-state index contributed by atoms with van der Waals surface area (Å²) in [7, 11) is 0. The van der Waals surface area contributed by atoms with E-state index in [1.165, 1.54) is 12.0 Å². The quantitative estimate of drug-likeness (QED) is 0.324. The van der Waals surface area contributed by atoms with E-state index in [-0.39, 0.29) is 11.8 Å². The van der Waals surface area contributed by atoms with E-state index in [9.17, 15) is 4.79 Å². The van der Waals surface area contributed by atoms with E-state index in [1.54, 1.807) is 0 Å². The van der Waals surface area contributed by atoms with Crippen molar-refractivity contribution in [2.75, 3.05) is 13.1 Å². The van der Waals surface area contributed by atoms with E-state index in [4.69, 9.17) is 9.40 Å². The lowest BCUT2D eigenvalue weighted by Gasteiger charge is -2.31. The Bertz CT molecular complexity index is 1460. The first-order valence-corrected chi connectivity index (χ1v) is 12.6. The first kappa shape index (κ1) is 23.0. The van der Waals surface area contributed by atoms with Crippen LogP contribution < -0.4 is 0 Å². The molecule has 3 aromatic heterocycles. The highest BCUT2D eigenvalue weighted by Gasteiger charge is 2.30. The van der Waals surface area contributed by atoms with Crippen molar-refractivity contribution >= 4 is 5.91 Å². The maximum atomic E-state index is 13.3. The highest BCUT2D eigenvalue weighted by molar-refractivity contribution is 5.97. The van der Waals surface area contributed by atoms with Crippen LogP contribution in [0.5, 0.6) is 0 Å². The number of carbonyl (C=O) groups excluding carboxylic acids is 1. The maximum absolute atomic E-state index is 13.3. The molecule has 37 heavy (non-hydrogen) atoms. The first-order valence-electron chi connectivity index (χ1n) is 12.6. The second-order valence-electron chi connectivity index (χ2n) is 9.33. The van der Waals surface area contributed by atoms with Gasteiger partial charge in [0.05, 0.1) is 6.54 Å². The minimum Gasteiger partial charge on any atom is -0.443 e. The Balaban J connectivity index is 1.12. The second kappa shape index (κ2) is 10.3. The zero-order valence-corrected chi connectivity index (χ0v) is 20.5. The zero-order valence-electron chi connectivity index (χ0n) is 20.5. The Morgan fingerprint density at radius 3 is 2.32 bits per heavy atom. The van der Waals surface area contributed by atoms with Crippen molar-refractivity contribution in [3.05, 3.63) is 115 Å². The maximum Gasteiger partial charge on any atom is 0.276 e. The number of carbonyl (C=O) groups is 1. The van der Waals surface area contributed by atoms with Crippen LogP contribution in [0.3, 0.4) is 0 Å². The molecule has 8 nitrogen and oxygen atoms in total. The van der Waals surface area contributed by atoms with Gasteiger partial charge in [-0.1, -0.05) is 60.7 Å². The Labute approximate surface area is 215 Å². The molecule has 8 heteroatoms. The van der Waals surface area contributed by atoms with Gasteiger partial charge >= 0.3 is 0 Å². The third kappa shape index (κ3) is 4.82. The molecule has 0 atom stereocenters. The summed E-state index contributed by atoms with van der Waals surface area (Å²) in [6.45, 7) is 2.75. The van der Waals surface area contributed by atoms with Crippen LogP contribution in [-0.2, 0) is 13.1 Å². The summed E-state index contributed by atoms with van der Waals surface area (Å²) in [4.78, 5) is 28.7. The molecule has 5 aromatic rings. The number of aromatic nitrogens is 5. The van der Waals surface area contributed by atoms with Crippen LogP contribution in [0.4, 0.5) is 0 Å². The Morgan fingerprint density at radius 2 is 1.54 bits per heavy atom. The van der Waals surface area contributed by atoms with Gasteiger partial charge in [-0.3, -0.25) is 4.79 Å². The van der Waals surface area contributed by atoms with Crippen molar-refractivity contribution in [3.8, 4) is 11.3 Å². The SMILES string of the molecule is O=C(c1ncoc1-c1ccccc1)N1CCC(c2nccn2Cc2nccn2Cc2ccccc2)CC1. The fraction of sp³-hybridized carbons (Fsp3) is 0.241.